The Bertz CT molecular complexity index is 643. The van der Waals surface area contributed by atoms with E-state index in [4.69, 9.17) is 4.74 Å². The summed E-state index contributed by atoms with van der Waals surface area (Å²) in [5, 5.41) is 12.8. The Kier molecular flexibility index (Phi) is 4.88. The van der Waals surface area contributed by atoms with E-state index < -0.39 is 6.10 Å². The number of benzene rings is 1. The Hall–Kier alpha value is -2.40. The second-order valence-corrected chi connectivity index (χ2v) is 5.72. The highest BCUT2D eigenvalue weighted by molar-refractivity contribution is 6.04. The first-order chi connectivity index (χ1) is 11.2. The number of carbonyl (C=O) groups excluding carboxylic acids is 1. The Labute approximate surface area is 135 Å². The van der Waals surface area contributed by atoms with E-state index in [0.717, 1.165) is 25.7 Å². The number of nitrogens with one attached hydrogen (secondary N) is 1. The summed E-state index contributed by atoms with van der Waals surface area (Å²) in [5.74, 6) is 0.529. The van der Waals surface area contributed by atoms with Gasteiger partial charge in [0.15, 0.2) is 0 Å². The molecule has 23 heavy (non-hydrogen) atoms. The molecule has 0 aliphatic heterocycles. The third kappa shape index (κ3) is 4.07. The smallest absolute Gasteiger partial charge is 0.255 e. The van der Waals surface area contributed by atoms with Crippen LogP contribution in [0.3, 0.4) is 0 Å². The minimum absolute atomic E-state index is 0.138. The van der Waals surface area contributed by atoms with E-state index in [2.05, 4.69) is 10.3 Å². The van der Waals surface area contributed by atoms with Crippen molar-refractivity contribution in [1.82, 2.24) is 4.98 Å². The highest BCUT2D eigenvalue weighted by Gasteiger charge is 2.24. The van der Waals surface area contributed by atoms with Gasteiger partial charge in [-0.25, -0.2) is 0 Å². The molecule has 2 N–H and O–H groups in total. The van der Waals surface area contributed by atoms with Crippen molar-refractivity contribution < 1.29 is 14.6 Å². The molecule has 5 nitrogen and oxygen atoms in total. The van der Waals surface area contributed by atoms with Crippen molar-refractivity contribution in [3.8, 4) is 5.75 Å². The van der Waals surface area contributed by atoms with Crippen molar-refractivity contribution in [2.75, 3.05) is 5.32 Å². The van der Waals surface area contributed by atoms with Crippen molar-refractivity contribution >= 4 is 11.6 Å². The first kappa shape index (κ1) is 15.5. The molecular formula is C18H20N2O3. The van der Waals surface area contributed by atoms with E-state index in [1.165, 1.54) is 0 Å². The number of hydrogen-bond donors (Lipinski definition) is 2. The molecule has 0 spiro atoms. The molecule has 5 heteroatoms. The predicted molar refractivity (Wildman–Crippen MR) is 87.5 cm³/mol. The number of nitrogens with zero attached hydrogens (tertiary/aromatic N) is 1. The Balaban J connectivity index is 1.60. The average molecular weight is 312 g/mol. The molecule has 1 aliphatic rings. The minimum atomic E-state index is -0.394. The zero-order valence-corrected chi connectivity index (χ0v) is 12.8. The fourth-order valence-electron chi connectivity index (χ4n) is 2.71. The lowest BCUT2D eigenvalue weighted by Crippen LogP contribution is -2.34. The molecule has 1 amide bonds. The SMILES string of the molecule is O=C(Nc1ccc(OC2CCCCC2O)cc1)c1ccncc1. The predicted octanol–water partition coefficient (Wildman–Crippen LogP) is 3.02. The van der Waals surface area contributed by atoms with E-state index in [0.29, 0.717) is 17.0 Å². The Morgan fingerprint density at radius 2 is 1.78 bits per heavy atom. The molecule has 0 radical (unpaired) electrons. The molecule has 0 bridgehead atoms. The zero-order chi connectivity index (χ0) is 16.1. The summed E-state index contributed by atoms with van der Waals surface area (Å²) >= 11 is 0. The van der Waals surface area contributed by atoms with Crippen LogP contribution in [-0.4, -0.2) is 28.2 Å². The van der Waals surface area contributed by atoms with E-state index in [-0.39, 0.29) is 12.0 Å². The van der Waals surface area contributed by atoms with Crippen molar-refractivity contribution in [2.45, 2.75) is 37.9 Å². The number of aromatic nitrogens is 1. The van der Waals surface area contributed by atoms with Gasteiger partial charge >= 0.3 is 0 Å². The maximum Gasteiger partial charge on any atom is 0.255 e. The standard InChI is InChI=1S/C18H20N2O3/c21-16-3-1-2-4-17(16)23-15-7-5-14(6-8-15)20-18(22)13-9-11-19-12-10-13/h5-12,16-17,21H,1-4H2,(H,20,22). The van der Waals surface area contributed by atoms with Crippen LogP contribution < -0.4 is 10.1 Å². The van der Waals surface area contributed by atoms with Gasteiger partial charge in [0.1, 0.15) is 11.9 Å². The van der Waals surface area contributed by atoms with Crippen LogP contribution >= 0.6 is 0 Å². The van der Waals surface area contributed by atoms with Crippen LogP contribution in [0.4, 0.5) is 5.69 Å². The lowest BCUT2D eigenvalue weighted by atomic mass is 9.95. The van der Waals surface area contributed by atoms with Gasteiger partial charge in [-0.3, -0.25) is 9.78 Å². The molecular weight excluding hydrogens is 292 g/mol. The molecule has 2 unspecified atom stereocenters. The number of aliphatic hydroxyl groups is 1. The summed E-state index contributed by atoms with van der Waals surface area (Å²) in [5.41, 5.74) is 1.26. The van der Waals surface area contributed by atoms with E-state index in [1.54, 1.807) is 36.7 Å². The number of pyridine rings is 1. The third-order valence-electron chi connectivity index (χ3n) is 4.01. The summed E-state index contributed by atoms with van der Waals surface area (Å²) in [7, 11) is 0. The topological polar surface area (TPSA) is 71.5 Å². The maximum absolute atomic E-state index is 12.1. The van der Waals surface area contributed by atoms with Crippen molar-refractivity contribution in [2.24, 2.45) is 0 Å². The zero-order valence-electron chi connectivity index (χ0n) is 12.8. The van der Waals surface area contributed by atoms with Crippen LogP contribution in [0.5, 0.6) is 5.75 Å². The van der Waals surface area contributed by atoms with Gasteiger partial charge in [0.2, 0.25) is 0 Å². The first-order valence-electron chi connectivity index (χ1n) is 7.88. The quantitative estimate of drug-likeness (QED) is 0.910. The van der Waals surface area contributed by atoms with Gasteiger partial charge in [-0.15, -0.1) is 0 Å². The van der Waals surface area contributed by atoms with Crippen LogP contribution in [0.2, 0.25) is 0 Å². The molecule has 1 aliphatic carbocycles. The van der Waals surface area contributed by atoms with Gasteiger partial charge in [-0.2, -0.15) is 0 Å². The van der Waals surface area contributed by atoms with E-state index in [9.17, 15) is 9.90 Å². The lowest BCUT2D eigenvalue weighted by Gasteiger charge is -2.28. The van der Waals surface area contributed by atoms with Crippen molar-refractivity contribution in [1.29, 1.82) is 0 Å². The summed E-state index contributed by atoms with van der Waals surface area (Å²) in [4.78, 5) is 15.9. The molecule has 1 saturated carbocycles. The van der Waals surface area contributed by atoms with Crippen molar-refractivity contribution in [3.63, 3.8) is 0 Å². The molecule has 120 valence electrons. The average Bonchev–Trinajstić information content (AvgIpc) is 2.59. The van der Waals surface area contributed by atoms with E-state index in [1.807, 2.05) is 12.1 Å². The van der Waals surface area contributed by atoms with Gasteiger partial charge < -0.3 is 15.2 Å². The number of rotatable bonds is 4. The van der Waals surface area contributed by atoms with Crippen LogP contribution in [-0.2, 0) is 0 Å². The number of ether oxygens (including phenoxy) is 1. The minimum Gasteiger partial charge on any atom is -0.488 e. The second kappa shape index (κ2) is 7.24. The van der Waals surface area contributed by atoms with Gasteiger partial charge in [-0.1, -0.05) is 6.42 Å². The molecule has 2 aromatic rings. The summed E-state index contributed by atoms with van der Waals surface area (Å²) in [6, 6.07) is 10.5. The fraction of sp³-hybridized carbons (Fsp3) is 0.333. The highest BCUT2D eigenvalue weighted by atomic mass is 16.5. The van der Waals surface area contributed by atoms with Crippen LogP contribution in [0.25, 0.3) is 0 Å². The summed E-state index contributed by atoms with van der Waals surface area (Å²) < 4.78 is 5.84. The van der Waals surface area contributed by atoms with Crippen LogP contribution in [0.15, 0.2) is 48.8 Å². The van der Waals surface area contributed by atoms with E-state index >= 15 is 0 Å². The van der Waals surface area contributed by atoms with Gasteiger partial charge in [-0.05, 0) is 55.7 Å². The summed E-state index contributed by atoms with van der Waals surface area (Å²) in [6.07, 6.45) is 6.45. The number of amides is 1. The normalized spacial score (nSPS) is 20.7. The number of hydrogen-bond acceptors (Lipinski definition) is 4. The second-order valence-electron chi connectivity index (χ2n) is 5.72. The number of carbonyl (C=O) groups is 1. The molecule has 0 saturated heterocycles. The third-order valence-corrected chi connectivity index (χ3v) is 4.01. The van der Waals surface area contributed by atoms with Crippen LogP contribution in [0.1, 0.15) is 36.0 Å². The van der Waals surface area contributed by atoms with Gasteiger partial charge in [0, 0.05) is 23.6 Å². The molecule has 1 aromatic heterocycles. The molecule has 1 heterocycles. The maximum atomic E-state index is 12.1. The Morgan fingerprint density at radius 1 is 1.09 bits per heavy atom. The monoisotopic (exact) mass is 312 g/mol. The largest absolute Gasteiger partial charge is 0.488 e. The number of aliphatic hydroxyl groups excluding tert-OH is 1. The number of anilines is 1. The molecule has 3 rings (SSSR count). The first-order valence-corrected chi connectivity index (χ1v) is 7.88. The van der Waals surface area contributed by atoms with Gasteiger partial charge in [0.25, 0.3) is 5.91 Å². The molecule has 1 aromatic carbocycles. The van der Waals surface area contributed by atoms with Crippen molar-refractivity contribution in [3.05, 3.63) is 54.4 Å². The Morgan fingerprint density at radius 3 is 2.48 bits per heavy atom. The highest BCUT2D eigenvalue weighted by Crippen LogP contribution is 2.25. The van der Waals surface area contributed by atoms with Crippen LogP contribution in [0, 0.1) is 0 Å². The fourth-order valence-corrected chi connectivity index (χ4v) is 2.71. The lowest BCUT2D eigenvalue weighted by molar-refractivity contribution is 0.00688. The summed E-state index contributed by atoms with van der Waals surface area (Å²) in [6.45, 7) is 0. The molecule has 2 atom stereocenters. The van der Waals surface area contributed by atoms with Gasteiger partial charge in [0.05, 0.1) is 6.10 Å². The molecule has 1 fully saturated rings.